The lowest BCUT2D eigenvalue weighted by Crippen LogP contribution is -2.18. The fraction of sp³-hybridized carbons (Fsp3) is 0.0435. The predicted molar refractivity (Wildman–Crippen MR) is 129 cm³/mol. The van der Waals surface area contributed by atoms with E-state index in [1.807, 2.05) is 12.1 Å². The average molecular weight is 514 g/mol. The second-order valence-corrected chi connectivity index (χ2v) is 9.07. The Morgan fingerprint density at radius 2 is 1.78 bits per heavy atom. The van der Waals surface area contributed by atoms with Crippen LogP contribution in [0.3, 0.4) is 0 Å². The molecule has 164 valence electrons. The van der Waals surface area contributed by atoms with E-state index in [9.17, 15) is 13.2 Å². The van der Waals surface area contributed by atoms with Crippen LogP contribution < -0.4 is 14.9 Å². The average Bonchev–Trinajstić information content (AvgIpc) is 2.79. The van der Waals surface area contributed by atoms with Crippen molar-refractivity contribution in [1.29, 1.82) is 0 Å². The van der Waals surface area contributed by atoms with Crippen molar-refractivity contribution in [2.75, 3.05) is 11.3 Å². The molecule has 0 saturated carbocycles. The van der Waals surface area contributed by atoms with Crippen LogP contribution in [0.15, 0.2) is 99.9 Å². The van der Waals surface area contributed by atoms with Gasteiger partial charge in [0, 0.05) is 21.3 Å². The summed E-state index contributed by atoms with van der Waals surface area (Å²) in [6, 6.07) is 19.5. The molecule has 0 unspecified atom stereocenters. The standard InChI is InChI=1S/C23H20BrN3O4S/c1-2-14-31-22-13-10-19(24)15-18(22)16-25-26-23(28)17-8-11-20(12-9-17)27-32(29,30)21-6-4-3-5-7-21/h2-13,15-16,27H,1,14H2,(H,26,28). The summed E-state index contributed by atoms with van der Waals surface area (Å²) in [4.78, 5) is 12.5. The Balaban J connectivity index is 1.64. The van der Waals surface area contributed by atoms with Crippen LogP contribution in [0, 0.1) is 0 Å². The molecule has 0 radical (unpaired) electrons. The molecular weight excluding hydrogens is 494 g/mol. The van der Waals surface area contributed by atoms with E-state index in [1.54, 1.807) is 30.3 Å². The third-order valence-corrected chi connectivity index (χ3v) is 6.04. The van der Waals surface area contributed by atoms with Crippen LogP contribution in [0.5, 0.6) is 5.75 Å². The summed E-state index contributed by atoms with van der Waals surface area (Å²) in [5, 5.41) is 3.99. The summed E-state index contributed by atoms with van der Waals surface area (Å²) in [5.74, 6) is 0.156. The zero-order chi connectivity index (χ0) is 23.0. The maximum Gasteiger partial charge on any atom is 0.271 e. The first-order chi connectivity index (χ1) is 15.4. The van der Waals surface area contributed by atoms with Gasteiger partial charge in [-0.1, -0.05) is 46.8 Å². The number of rotatable bonds is 9. The van der Waals surface area contributed by atoms with Gasteiger partial charge in [0.05, 0.1) is 11.1 Å². The van der Waals surface area contributed by atoms with E-state index < -0.39 is 15.9 Å². The summed E-state index contributed by atoms with van der Waals surface area (Å²) in [6.45, 7) is 3.96. The lowest BCUT2D eigenvalue weighted by atomic mass is 10.2. The minimum atomic E-state index is -3.70. The number of ether oxygens (including phenoxy) is 1. The number of nitrogens with one attached hydrogen (secondary N) is 2. The van der Waals surface area contributed by atoms with Crippen LogP contribution in [0.1, 0.15) is 15.9 Å². The van der Waals surface area contributed by atoms with Gasteiger partial charge in [-0.15, -0.1) is 0 Å². The van der Waals surface area contributed by atoms with Gasteiger partial charge in [0.2, 0.25) is 0 Å². The molecule has 32 heavy (non-hydrogen) atoms. The highest BCUT2D eigenvalue weighted by molar-refractivity contribution is 9.10. The Hall–Kier alpha value is -3.43. The van der Waals surface area contributed by atoms with Crippen LogP contribution in [0.4, 0.5) is 5.69 Å². The van der Waals surface area contributed by atoms with E-state index in [1.165, 1.54) is 42.6 Å². The van der Waals surface area contributed by atoms with Gasteiger partial charge in [0.15, 0.2) is 0 Å². The fourth-order valence-corrected chi connectivity index (χ4v) is 4.09. The lowest BCUT2D eigenvalue weighted by molar-refractivity contribution is 0.0955. The second kappa shape index (κ2) is 10.7. The molecule has 1 amide bonds. The van der Waals surface area contributed by atoms with Crippen LogP contribution in [0.2, 0.25) is 0 Å². The molecule has 0 bridgehead atoms. The fourth-order valence-electron chi connectivity index (χ4n) is 2.63. The third-order valence-electron chi connectivity index (χ3n) is 4.15. The zero-order valence-corrected chi connectivity index (χ0v) is 19.3. The Morgan fingerprint density at radius 1 is 1.06 bits per heavy atom. The van der Waals surface area contributed by atoms with Gasteiger partial charge in [0.25, 0.3) is 15.9 Å². The first-order valence-electron chi connectivity index (χ1n) is 9.43. The smallest absolute Gasteiger partial charge is 0.271 e. The summed E-state index contributed by atoms with van der Waals surface area (Å²) < 4.78 is 33.7. The summed E-state index contributed by atoms with van der Waals surface area (Å²) >= 11 is 3.39. The van der Waals surface area contributed by atoms with Crippen molar-refractivity contribution in [2.45, 2.75) is 4.90 Å². The molecule has 0 saturated heterocycles. The van der Waals surface area contributed by atoms with Crippen molar-refractivity contribution in [3.8, 4) is 5.75 Å². The number of hydrogen-bond donors (Lipinski definition) is 2. The molecule has 0 spiro atoms. The predicted octanol–water partition coefficient (Wildman–Crippen LogP) is 4.58. The quantitative estimate of drug-likeness (QED) is 0.248. The van der Waals surface area contributed by atoms with Crippen molar-refractivity contribution in [3.63, 3.8) is 0 Å². The number of hydrazone groups is 1. The van der Waals surface area contributed by atoms with Gasteiger partial charge >= 0.3 is 0 Å². The van der Waals surface area contributed by atoms with E-state index in [-0.39, 0.29) is 4.90 Å². The zero-order valence-electron chi connectivity index (χ0n) is 16.9. The van der Waals surface area contributed by atoms with Gasteiger partial charge < -0.3 is 4.74 Å². The highest BCUT2D eigenvalue weighted by Crippen LogP contribution is 2.22. The molecule has 0 aliphatic rings. The molecule has 2 N–H and O–H groups in total. The van der Waals surface area contributed by atoms with Gasteiger partial charge in [-0.05, 0) is 54.6 Å². The molecule has 0 aromatic heterocycles. The number of sulfonamides is 1. The SMILES string of the molecule is C=CCOc1ccc(Br)cc1C=NNC(=O)c1ccc(NS(=O)(=O)c2ccccc2)cc1. The largest absolute Gasteiger partial charge is 0.489 e. The number of carbonyl (C=O) groups excluding carboxylic acids is 1. The molecule has 0 heterocycles. The minimum absolute atomic E-state index is 0.153. The molecule has 0 aliphatic carbocycles. The van der Waals surface area contributed by atoms with E-state index in [0.29, 0.717) is 29.2 Å². The number of benzene rings is 3. The second-order valence-electron chi connectivity index (χ2n) is 6.48. The molecular formula is C23H20BrN3O4S. The van der Waals surface area contributed by atoms with E-state index in [0.717, 1.165) is 4.47 Å². The molecule has 9 heteroatoms. The van der Waals surface area contributed by atoms with Gasteiger partial charge in [-0.2, -0.15) is 5.10 Å². The first kappa shape index (κ1) is 23.2. The normalized spacial score (nSPS) is 11.2. The van der Waals surface area contributed by atoms with Crippen molar-refractivity contribution in [3.05, 3.63) is 101 Å². The number of halogens is 1. The Bertz CT molecular complexity index is 1230. The number of hydrogen-bond acceptors (Lipinski definition) is 5. The van der Waals surface area contributed by atoms with Crippen molar-refractivity contribution >= 4 is 43.8 Å². The molecule has 3 rings (SSSR count). The molecule has 3 aromatic carbocycles. The highest BCUT2D eigenvalue weighted by Gasteiger charge is 2.14. The van der Waals surface area contributed by atoms with E-state index >= 15 is 0 Å². The van der Waals surface area contributed by atoms with Crippen LogP contribution in [-0.2, 0) is 10.0 Å². The van der Waals surface area contributed by atoms with Crippen molar-refractivity contribution < 1.29 is 17.9 Å². The molecule has 3 aromatic rings. The Morgan fingerprint density at radius 3 is 2.47 bits per heavy atom. The van der Waals surface area contributed by atoms with Crippen LogP contribution in [0.25, 0.3) is 0 Å². The summed E-state index contributed by atoms with van der Waals surface area (Å²) in [5.41, 5.74) is 3.78. The van der Waals surface area contributed by atoms with Crippen LogP contribution >= 0.6 is 15.9 Å². The highest BCUT2D eigenvalue weighted by atomic mass is 79.9. The monoisotopic (exact) mass is 513 g/mol. The lowest BCUT2D eigenvalue weighted by Gasteiger charge is -2.09. The molecule has 7 nitrogen and oxygen atoms in total. The number of nitrogens with zero attached hydrogens (tertiary/aromatic N) is 1. The summed E-state index contributed by atoms with van der Waals surface area (Å²) in [6.07, 6.45) is 3.11. The molecule has 0 aliphatic heterocycles. The topological polar surface area (TPSA) is 96.9 Å². The number of anilines is 1. The first-order valence-corrected chi connectivity index (χ1v) is 11.7. The molecule has 0 atom stereocenters. The maximum absolute atomic E-state index is 12.4. The van der Waals surface area contributed by atoms with Gasteiger partial charge in [-0.25, -0.2) is 13.8 Å². The molecule has 0 fully saturated rings. The third kappa shape index (κ3) is 6.29. The van der Waals surface area contributed by atoms with Gasteiger partial charge in [-0.3, -0.25) is 9.52 Å². The maximum atomic E-state index is 12.4. The number of amides is 1. The van der Waals surface area contributed by atoms with E-state index in [4.69, 9.17) is 4.74 Å². The Labute approximate surface area is 195 Å². The van der Waals surface area contributed by atoms with Crippen molar-refractivity contribution in [1.82, 2.24) is 5.43 Å². The number of carbonyl (C=O) groups is 1. The van der Waals surface area contributed by atoms with Crippen LogP contribution in [-0.4, -0.2) is 27.1 Å². The van der Waals surface area contributed by atoms with Crippen molar-refractivity contribution in [2.24, 2.45) is 5.10 Å². The van der Waals surface area contributed by atoms with E-state index in [2.05, 4.69) is 37.8 Å². The van der Waals surface area contributed by atoms with Gasteiger partial charge in [0.1, 0.15) is 12.4 Å². The summed E-state index contributed by atoms with van der Waals surface area (Å²) in [7, 11) is -3.70. The minimum Gasteiger partial charge on any atom is -0.489 e. The Kier molecular flexibility index (Phi) is 7.80.